The number of likely N-dealkylation sites (tertiary alicyclic amines) is 1. The molecule has 142 valence electrons. The first kappa shape index (κ1) is 18.0. The van der Waals surface area contributed by atoms with Crippen molar-refractivity contribution < 1.29 is 9.59 Å². The van der Waals surface area contributed by atoms with Crippen molar-refractivity contribution in [2.45, 2.75) is 32.2 Å². The maximum atomic E-state index is 12.7. The molecule has 3 amide bonds. The van der Waals surface area contributed by atoms with Gasteiger partial charge in [-0.05, 0) is 65.4 Å². The van der Waals surface area contributed by atoms with Gasteiger partial charge in [-0.2, -0.15) is 5.10 Å². The fourth-order valence-corrected chi connectivity index (χ4v) is 4.18. The van der Waals surface area contributed by atoms with Crippen LogP contribution in [0.3, 0.4) is 0 Å². The largest absolute Gasteiger partial charge is 0.352 e. The Morgan fingerprint density at radius 1 is 1.33 bits per heavy atom. The number of rotatable bonds is 2. The summed E-state index contributed by atoms with van der Waals surface area (Å²) in [5.74, 6) is -0.0884. The Bertz CT molecular complexity index is 886. The Hall–Kier alpha value is -2.35. The third-order valence-electron chi connectivity index (χ3n) is 5.22. The molecule has 2 aliphatic heterocycles. The number of hydrogen-bond acceptors (Lipinski definition) is 3. The SMILES string of the molecule is Cc1cnn(C2CCN(C(=O)Nc3cc4c(cc3Br)CCNC4=O)CC2)c1. The van der Waals surface area contributed by atoms with Gasteiger partial charge >= 0.3 is 6.03 Å². The van der Waals surface area contributed by atoms with Crippen LogP contribution in [0.1, 0.15) is 40.4 Å². The number of benzene rings is 1. The van der Waals surface area contributed by atoms with Crippen LogP contribution in [0, 0.1) is 6.92 Å². The van der Waals surface area contributed by atoms with Gasteiger partial charge in [-0.1, -0.05) is 0 Å². The number of fused-ring (bicyclic) bond motifs is 1. The van der Waals surface area contributed by atoms with E-state index < -0.39 is 0 Å². The van der Waals surface area contributed by atoms with Crippen LogP contribution in [0.25, 0.3) is 0 Å². The Balaban J connectivity index is 1.41. The second-order valence-electron chi connectivity index (χ2n) is 7.14. The van der Waals surface area contributed by atoms with Gasteiger partial charge in [-0.15, -0.1) is 0 Å². The number of aryl methyl sites for hydroxylation is 1. The van der Waals surface area contributed by atoms with E-state index in [2.05, 4.69) is 37.9 Å². The normalized spacial score (nSPS) is 17.4. The average Bonchev–Trinajstić information content (AvgIpc) is 3.09. The van der Waals surface area contributed by atoms with Crippen LogP contribution in [0.5, 0.6) is 0 Å². The molecule has 0 aliphatic carbocycles. The second kappa shape index (κ2) is 7.34. The third-order valence-corrected chi connectivity index (χ3v) is 5.87. The Morgan fingerprint density at radius 3 is 2.81 bits per heavy atom. The zero-order valence-electron chi connectivity index (χ0n) is 15.2. The molecule has 1 aromatic heterocycles. The molecule has 2 aliphatic rings. The summed E-state index contributed by atoms with van der Waals surface area (Å²) in [6.07, 6.45) is 6.47. The summed E-state index contributed by atoms with van der Waals surface area (Å²) in [6.45, 7) is 4.04. The van der Waals surface area contributed by atoms with Crippen molar-refractivity contribution in [1.82, 2.24) is 20.0 Å². The molecular formula is C19H22BrN5O2. The number of urea groups is 1. The molecule has 1 saturated heterocycles. The van der Waals surface area contributed by atoms with Gasteiger partial charge in [0.05, 0.1) is 17.9 Å². The van der Waals surface area contributed by atoms with Crippen molar-refractivity contribution in [3.8, 4) is 0 Å². The zero-order valence-corrected chi connectivity index (χ0v) is 16.8. The lowest BCUT2D eigenvalue weighted by Gasteiger charge is -2.32. The molecular weight excluding hydrogens is 410 g/mol. The van der Waals surface area contributed by atoms with Crippen molar-refractivity contribution in [2.75, 3.05) is 25.0 Å². The lowest BCUT2D eigenvalue weighted by molar-refractivity contribution is 0.0946. The smallest absolute Gasteiger partial charge is 0.321 e. The van der Waals surface area contributed by atoms with Gasteiger partial charge in [-0.25, -0.2) is 4.79 Å². The van der Waals surface area contributed by atoms with E-state index in [1.165, 1.54) is 0 Å². The van der Waals surface area contributed by atoms with E-state index >= 15 is 0 Å². The number of nitrogens with zero attached hydrogens (tertiary/aromatic N) is 3. The maximum absolute atomic E-state index is 12.7. The number of hydrogen-bond donors (Lipinski definition) is 2. The summed E-state index contributed by atoms with van der Waals surface area (Å²) in [5.41, 5.74) is 3.41. The second-order valence-corrected chi connectivity index (χ2v) is 8.00. The van der Waals surface area contributed by atoms with Crippen LogP contribution in [0.15, 0.2) is 29.0 Å². The highest BCUT2D eigenvalue weighted by Crippen LogP contribution is 2.29. The molecule has 0 bridgehead atoms. The molecule has 1 aromatic carbocycles. The molecule has 1 fully saturated rings. The van der Waals surface area contributed by atoms with Crippen molar-refractivity contribution in [2.24, 2.45) is 0 Å². The minimum atomic E-state index is -0.137. The highest BCUT2D eigenvalue weighted by Gasteiger charge is 2.25. The quantitative estimate of drug-likeness (QED) is 0.766. The van der Waals surface area contributed by atoms with Crippen LogP contribution in [-0.2, 0) is 6.42 Å². The van der Waals surface area contributed by atoms with Crippen LogP contribution < -0.4 is 10.6 Å². The van der Waals surface area contributed by atoms with E-state index in [-0.39, 0.29) is 11.9 Å². The molecule has 0 unspecified atom stereocenters. The summed E-state index contributed by atoms with van der Waals surface area (Å²) in [4.78, 5) is 26.6. The van der Waals surface area contributed by atoms with Crippen molar-refractivity contribution in [3.63, 3.8) is 0 Å². The van der Waals surface area contributed by atoms with E-state index in [4.69, 9.17) is 0 Å². The van der Waals surface area contributed by atoms with Crippen molar-refractivity contribution in [3.05, 3.63) is 45.7 Å². The fourth-order valence-electron chi connectivity index (χ4n) is 3.69. The number of anilines is 1. The number of piperidine rings is 1. The standard InChI is InChI=1S/C19H22BrN5O2/c1-12-10-22-25(11-12)14-3-6-24(7-4-14)19(27)23-17-9-15-13(8-16(17)20)2-5-21-18(15)26/h8-11,14H,2-7H2,1H3,(H,21,26)(H,23,27). The molecule has 0 atom stereocenters. The Labute approximate surface area is 166 Å². The van der Waals surface area contributed by atoms with Gasteiger partial charge in [-0.3, -0.25) is 9.48 Å². The maximum Gasteiger partial charge on any atom is 0.321 e. The highest BCUT2D eigenvalue weighted by molar-refractivity contribution is 9.10. The first-order chi connectivity index (χ1) is 13.0. The van der Waals surface area contributed by atoms with E-state index in [1.54, 1.807) is 6.07 Å². The minimum absolute atomic E-state index is 0.0884. The van der Waals surface area contributed by atoms with Crippen molar-refractivity contribution >= 4 is 33.6 Å². The molecule has 8 heteroatoms. The summed E-state index contributed by atoms with van der Waals surface area (Å²) < 4.78 is 2.80. The first-order valence-electron chi connectivity index (χ1n) is 9.18. The Kier molecular flexibility index (Phi) is 4.90. The van der Waals surface area contributed by atoms with E-state index in [0.717, 1.165) is 34.9 Å². The molecule has 3 heterocycles. The van der Waals surface area contributed by atoms with Gasteiger partial charge in [0.25, 0.3) is 5.91 Å². The zero-order chi connectivity index (χ0) is 19.0. The topological polar surface area (TPSA) is 79.3 Å². The Morgan fingerprint density at radius 2 is 2.11 bits per heavy atom. The number of carbonyl (C=O) groups excluding carboxylic acids is 2. The van der Waals surface area contributed by atoms with Gasteiger partial charge in [0.1, 0.15) is 0 Å². The van der Waals surface area contributed by atoms with Crippen molar-refractivity contribution in [1.29, 1.82) is 0 Å². The van der Waals surface area contributed by atoms with Crippen LogP contribution in [-0.4, -0.2) is 46.3 Å². The molecule has 27 heavy (non-hydrogen) atoms. The monoisotopic (exact) mass is 431 g/mol. The number of amides is 3. The van der Waals surface area contributed by atoms with Gasteiger partial charge in [0.2, 0.25) is 0 Å². The number of carbonyl (C=O) groups is 2. The van der Waals surface area contributed by atoms with Crippen LogP contribution in [0.2, 0.25) is 0 Å². The fraction of sp³-hybridized carbons (Fsp3) is 0.421. The van der Waals surface area contributed by atoms with Gasteiger partial charge < -0.3 is 15.5 Å². The predicted molar refractivity (Wildman–Crippen MR) is 106 cm³/mol. The minimum Gasteiger partial charge on any atom is -0.352 e. The molecule has 2 aromatic rings. The molecule has 7 nitrogen and oxygen atoms in total. The third kappa shape index (κ3) is 3.71. The van der Waals surface area contributed by atoms with E-state index in [0.29, 0.717) is 36.9 Å². The van der Waals surface area contributed by atoms with Gasteiger partial charge in [0, 0.05) is 35.9 Å². The summed E-state index contributed by atoms with van der Waals surface area (Å²) in [5, 5.41) is 10.2. The average molecular weight is 432 g/mol. The molecule has 0 saturated carbocycles. The molecule has 0 spiro atoms. The summed E-state index contributed by atoms with van der Waals surface area (Å²) >= 11 is 3.51. The predicted octanol–water partition coefficient (Wildman–Crippen LogP) is 3.11. The summed E-state index contributed by atoms with van der Waals surface area (Å²) in [6, 6.07) is 3.88. The number of aromatic nitrogens is 2. The lowest BCUT2D eigenvalue weighted by Crippen LogP contribution is -2.41. The van der Waals surface area contributed by atoms with Gasteiger partial charge in [0.15, 0.2) is 0 Å². The first-order valence-corrected chi connectivity index (χ1v) is 9.98. The number of halogens is 1. The van der Waals surface area contributed by atoms with Crippen LogP contribution >= 0.6 is 15.9 Å². The van der Waals surface area contributed by atoms with E-state index in [9.17, 15) is 9.59 Å². The molecule has 0 radical (unpaired) electrons. The van der Waals surface area contributed by atoms with Crippen LogP contribution in [0.4, 0.5) is 10.5 Å². The molecule has 4 rings (SSSR count). The number of nitrogens with one attached hydrogen (secondary N) is 2. The highest BCUT2D eigenvalue weighted by atomic mass is 79.9. The summed E-state index contributed by atoms with van der Waals surface area (Å²) in [7, 11) is 0. The van der Waals surface area contributed by atoms with E-state index in [1.807, 2.05) is 28.8 Å². The lowest BCUT2D eigenvalue weighted by atomic mass is 10.00. The molecule has 2 N–H and O–H groups in total.